The molecule has 0 fully saturated rings. The van der Waals surface area contributed by atoms with Crippen LogP contribution in [0.2, 0.25) is 0 Å². The number of H-pyrrole nitrogens is 1. The number of fused-ring (bicyclic) bond motifs is 4. The Morgan fingerprint density at radius 1 is 0.938 bits per heavy atom. The predicted octanol–water partition coefficient (Wildman–Crippen LogP) is 3.19. The average molecular weight is 423 g/mol. The van der Waals surface area contributed by atoms with Crippen molar-refractivity contribution in [2.24, 2.45) is 10.7 Å². The molecular formula is C24H17N5O3. The summed E-state index contributed by atoms with van der Waals surface area (Å²) < 4.78 is 11.7. The molecule has 1 unspecified atom stereocenters. The maximum atomic E-state index is 13.0. The Labute approximate surface area is 182 Å². The fraction of sp³-hybridized carbons (Fsp3) is 0.0833. The van der Waals surface area contributed by atoms with E-state index < -0.39 is 5.54 Å². The molecule has 156 valence electrons. The molecule has 0 radical (unpaired) electrons. The third-order valence-electron chi connectivity index (χ3n) is 5.77. The van der Waals surface area contributed by atoms with E-state index in [1.165, 1.54) is 0 Å². The molecule has 0 saturated carbocycles. The molecule has 1 spiro atoms. The first-order valence-corrected chi connectivity index (χ1v) is 10.0. The van der Waals surface area contributed by atoms with Crippen molar-refractivity contribution in [2.75, 3.05) is 6.61 Å². The smallest absolute Gasteiger partial charge is 0.291 e. The molecule has 0 amide bonds. The van der Waals surface area contributed by atoms with Gasteiger partial charge in [0.15, 0.2) is 11.3 Å². The number of pyridine rings is 3. The number of aromatic amines is 1. The number of amidine groups is 1. The van der Waals surface area contributed by atoms with Gasteiger partial charge < -0.3 is 20.2 Å². The van der Waals surface area contributed by atoms with Crippen LogP contribution >= 0.6 is 0 Å². The molecule has 32 heavy (non-hydrogen) atoms. The van der Waals surface area contributed by atoms with Crippen LogP contribution in [0.1, 0.15) is 11.1 Å². The monoisotopic (exact) mass is 423 g/mol. The summed E-state index contributed by atoms with van der Waals surface area (Å²) in [6, 6.07) is 15.2. The summed E-state index contributed by atoms with van der Waals surface area (Å²) in [7, 11) is 0. The fourth-order valence-corrected chi connectivity index (χ4v) is 4.25. The molecule has 6 rings (SSSR count). The minimum atomic E-state index is -1.00. The summed E-state index contributed by atoms with van der Waals surface area (Å²) in [5, 5.41) is 0. The molecule has 2 aliphatic heterocycles. The molecule has 0 aliphatic carbocycles. The number of hydrogen-bond acceptors (Lipinski definition) is 7. The van der Waals surface area contributed by atoms with Crippen LogP contribution < -0.4 is 16.0 Å². The highest BCUT2D eigenvalue weighted by molar-refractivity contribution is 5.78. The highest BCUT2D eigenvalue weighted by atomic mass is 16.5. The van der Waals surface area contributed by atoms with Crippen molar-refractivity contribution in [3.8, 4) is 33.9 Å². The minimum absolute atomic E-state index is 0.0683. The van der Waals surface area contributed by atoms with Crippen molar-refractivity contribution in [3.05, 3.63) is 94.8 Å². The van der Waals surface area contributed by atoms with E-state index in [4.69, 9.17) is 15.2 Å². The molecule has 1 atom stereocenters. The van der Waals surface area contributed by atoms with Crippen LogP contribution in [-0.4, -0.2) is 27.6 Å². The van der Waals surface area contributed by atoms with Gasteiger partial charge in [-0.2, -0.15) is 0 Å². The summed E-state index contributed by atoms with van der Waals surface area (Å²) in [4.78, 5) is 29.0. The Hall–Kier alpha value is -4.46. The zero-order valence-corrected chi connectivity index (χ0v) is 16.8. The van der Waals surface area contributed by atoms with Gasteiger partial charge in [0.25, 0.3) is 11.6 Å². The van der Waals surface area contributed by atoms with Crippen LogP contribution in [0.4, 0.5) is 0 Å². The lowest BCUT2D eigenvalue weighted by Crippen LogP contribution is -2.34. The Kier molecular flexibility index (Phi) is 3.88. The molecule has 5 heterocycles. The van der Waals surface area contributed by atoms with E-state index in [2.05, 4.69) is 19.9 Å². The van der Waals surface area contributed by atoms with E-state index in [1.54, 1.807) is 24.8 Å². The zero-order chi connectivity index (χ0) is 21.7. The predicted molar refractivity (Wildman–Crippen MR) is 118 cm³/mol. The number of hydrogen-bond donors (Lipinski definition) is 2. The van der Waals surface area contributed by atoms with Crippen LogP contribution in [0.5, 0.6) is 11.5 Å². The molecular weight excluding hydrogens is 406 g/mol. The third kappa shape index (κ3) is 2.70. The molecule has 0 bridgehead atoms. The maximum absolute atomic E-state index is 13.0. The normalized spacial score (nSPS) is 18.3. The number of aromatic nitrogens is 3. The van der Waals surface area contributed by atoms with Crippen molar-refractivity contribution in [3.63, 3.8) is 0 Å². The first kappa shape index (κ1) is 18.3. The van der Waals surface area contributed by atoms with Crippen LogP contribution in [0.25, 0.3) is 22.4 Å². The highest BCUT2D eigenvalue weighted by Crippen LogP contribution is 2.51. The number of aliphatic imine (C=N–C) groups is 1. The van der Waals surface area contributed by atoms with Crippen molar-refractivity contribution >= 4 is 6.02 Å². The highest BCUT2D eigenvalue weighted by Gasteiger charge is 2.48. The van der Waals surface area contributed by atoms with E-state index in [0.717, 1.165) is 22.3 Å². The summed E-state index contributed by atoms with van der Waals surface area (Å²) in [6.45, 7) is 0.161. The molecule has 8 heteroatoms. The first-order valence-electron chi connectivity index (χ1n) is 10.0. The van der Waals surface area contributed by atoms with Gasteiger partial charge >= 0.3 is 0 Å². The van der Waals surface area contributed by atoms with Gasteiger partial charge in [0.1, 0.15) is 12.4 Å². The van der Waals surface area contributed by atoms with Gasteiger partial charge in [0.05, 0.1) is 5.69 Å². The van der Waals surface area contributed by atoms with Gasteiger partial charge in [0.2, 0.25) is 0 Å². The molecule has 3 N–H and O–H groups in total. The van der Waals surface area contributed by atoms with Crippen molar-refractivity contribution < 1.29 is 9.47 Å². The van der Waals surface area contributed by atoms with Gasteiger partial charge in [-0.05, 0) is 42.0 Å². The molecule has 2 aliphatic rings. The van der Waals surface area contributed by atoms with Gasteiger partial charge in [0, 0.05) is 47.0 Å². The van der Waals surface area contributed by atoms with Crippen molar-refractivity contribution in [1.29, 1.82) is 0 Å². The summed E-state index contributed by atoms with van der Waals surface area (Å²) in [5.74, 6) is 0.716. The number of nitrogens with one attached hydrogen (secondary N) is 1. The van der Waals surface area contributed by atoms with E-state index in [0.29, 0.717) is 17.0 Å². The lowest BCUT2D eigenvalue weighted by molar-refractivity contribution is 0.264. The summed E-state index contributed by atoms with van der Waals surface area (Å²) in [6.07, 6.45) is 6.88. The minimum Gasteiger partial charge on any atom is -0.462 e. The number of nitrogens with zero attached hydrogens (tertiary/aromatic N) is 3. The Morgan fingerprint density at radius 3 is 2.41 bits per heavy atom. The maximum Gasteiger partial charge on any atom is 0.291 e. The number of nitrogens with two attached hydrogens (primary N) is 1. The number of ether oxygens (including phenoxy) is 2. The molecule has 4 aromatic rings. The van der Waals surface area contributed by atoms with Gasteiger partial charge in [-0.1, -0.05) is 12.1 Å². The molecule has 8 nitrogen and oxygen atoms in total. The van der Waals surface area contributed by atoms with Gasteiger partial charge in [-0.3, -0.25) is 14.8 Å². The summed E-state index contributed by atoms with van der Waals surface area (Å²) >= 11 is 0. The molecule has 0 saturated heterocycles. The lowest BCUT2D eigenvalue weighted by Gasteiger charge is -2.33. The number of benzene rings is 1. The largest absolute Gasteiger partial charge is 0.462 e. The second-order valence-electron chi connectivity index (χ2n) is 7.65. The first-order chi connectivity index (χ1) is 15.6. The van der Waals surface area contributed by atoms with Gasteiger partial charge in [-0.25, -0.2) is 4.99 Å². The van der Waals surface area contributed by atoms with Crippen LogP contribution in [0.3, 0.4) is 0 Å². The lowest BCUT2D eigenvalue weighted by atomic mass is 9.80. The van der Waals surface area contributed by atoms with Crippen molar-refractivity contribution in [1.82, 2.24) is 15.0 Å². The second-order valence-corrected chi connectivity index (χ2v) is 7.65. The topological polar surface area (TPSA) is 115 Å². The zero-order valence-electron chi connectivity index (χ0n) is 16.8. The SMILES string of the molecule is NC1=NC2(CO1)c1cc(-c3cccnc3)ccc1Oc1c2cc(-c2cccnc2)[nH]c1=O. The average Bonchev–Trinajstić information content (AvgIpc) is 3.23. The van der Waals surface area contributed by atoms with Crippen LogP contribution in [0, 0.1) is 0 Å². The third-order valence-corrected chi connectivity index (χ3v) is 5.77. The Morgan fingerprint density at radius 2 is 1.72 bits per heavy atom. The fourth-order valence-electron chi connectivity index (χ4n) is 4.25. The van der Waals surface area contributed by atoms with E-state index in [9.17, 15) is 4.79 Å². The number of rotatable bonds is 2. The summed E-state index contributed by atoms with van der Waals surface area (Å²) in [5.41, 5.74) is 9.26. The quantitative estimate of drug-likeness (QED) is 0.512. The molecule has 1 aromatic carbocycles. The van der Waals surface area contributed by atoms with Crippen LogP contribution in [-0.2, 0) is 10.3 Å². The van der Waals surface area contributed by atoms with Crippen LogP contribution in [0.15, 0.2) is 83.1 Å². The van der Waals surface area contributed by atoms with Crippen molar-refractivity contribution in [2.45, 2.75) is 5.54 Å². The standard InChI is InChI=1S/C24H17N5O3/c25-23-29-24(13-31-23)17-9-14(15-3-1-7-26-11-15)5-6-20(17)32-21-18(24)10-19(28-22(21)30)16-4-2-8-27-12-16/h1-12H,13H2,(H2,25,29)(H,28,30). The van der Waals surface area contributed by atoms with E-state index in [-0.39, 0.29) is 23.9 Å². The Bertz CT molecular complexity index is 1430. The second kappa shape index (κ2) is 6.78. The molecule has 3 aromatic heterocycles. The Balaban J connectivity index is 1.60. The van der Waals surface area contributed by atoms with Gasteiger partial charge in [-0.15, -0.1) is 0 Å². The van der Waals surface area contributed by atoms with E-state index >= 15 is 0 Å². The van der Waals surface area contributed by atoms with E-state index in [1.807, 2.05) is 48.5 Å².